The van der Waals surface area contributed by atoms with E-state index < -0.39 is 20.7 Å². The first-order chi connectivity index (χ1) is 13.8. The average molecular weight is 419 g/mol. The van der Waals surface area contributed by atoms with E-state index in [2.05, 4.69) is 5.32 Å². The molecule has 8 heteroatoms. The first-order valence-electron chi connectivity index (χ1n) is 9.39. The number of anilines is 1. The second-order valence-electron chi connectivity index (χ2n) is 7.18. The van der Waals surface area contributed by atoms with Crippen molar-refractivity contribution < 1.29 is 22.7 Å². The Morgan fingerprint density at radius 1 is 1.10 bits per heavy atom. The summed E-state index contributed by atoms with van der Waals surface area (Å²) in [5.41, 5.74) is 1.34. The molecule has 0 aromatic heterocycles. The van der Waals surface area contributed by atoms with E-state index in [1.807, 2.05) is 30.3 Å². The third kappa shape index (κ3) is 4.09. The number of methoxy groups -OCH3 is 2. The first kappa shape index (κ1) is 21.1. The minimum absolute atomic E-state index is 0.252. The van der Waals surface area contributed by atoms with Crippen molar-refractivity contribution in [2.45, 2.75) is 31.1 Å². The maximum absolute atomic E-state index is 13.3. The number of hydrogen-bond donors (Lipinski definition) is 1. The molecule has 7 nitrogen and oxygen atoms in total. The van der Waals surface area contributed by atoms with Gasteiger partial charge in [-0.25, -0.2) is 8.42 Å². The highest BCUT2D eigenvalue weighted by Crippen LogP contribution is 2.35. The minimum Gasteiger partial charge on any atom is -0.493 e. The Kier molecular flexibility index (Phi) is 6.14. The maximum Gasteiger partial charge on any atom is 0.246 e. The van der Waals surface area contributed by atoms with Gasteiger partial charge < -0.3 is 14.8 Å². The van der Waals surface area contributed by atoms with E-state index in [0.717, 1.165) is 5.56 Å². The van der Waals surface area contributed by atoms with Gasteiger partial charge in [0.15, 0.2) is 16.2 Å². The lowest BCUT2D eigenvalue weighted by Gasteiger charge is -2.38. The van der Waals surface area contributed by atoms with Gasteiger partial charge in [-0.2, -0.15) is 4.31 Å². The van der Waals surface area contributed by atoms with Gasteiger partial charge in [0.25, 0.3) is 0 Å². The van der Waals surface area contributed by atoms with Gasteiger partial charge in [0, 0.05) is 24.8 Å². The normalized spacial score (nSPS) is 21.3. The largest absolute Gasteiger partial charge is 0.493 e. The number of nitrogens with zero attached hydrogens (tertiary/aromatic N) is 1. The lowest BCUT2D eigenvalue weighted by atomic mass is 10.0. The Labute approximate surface area is 171 Å². The molecule has 0 unspecified atom stereocenters. The molecule has 0 saturated carbocycles. The molecule has 0 spiro atoms. The molecule has 2 aromatic carbocycles. The molecule has 0 radical (unpaired) electrons. The van der Waals surface area contributed by atoms with Crippen molar-refractivity contribution in [3.8, 4) is 11.5 Å². The molecule has 1 amide bonds. The highest BCUT2D eigenvalue weighted by atomic mass is 32.2. The second kappa shape index (κ2) is 8.42. The number of ether oxygens (including phenoxy) is 2. The molecular weight excluding hydrogens is 392 g/mol. The summed E-state index contributed by atoms with van der Waals surface area (Å²) in [6, 6.07) is 14.3. The molecule has 156 valence electrons. The van der Waals surface area contributed by atoms with E-state index in [-0.39, 0.29) is 13.0 Å². The molecular formula is C21H26N2O5S. The Hall–Kier alpha value is -2.58. The van der Waals surface area contributed by atoms with Crippen LogP contribution in [0.3, 0.4) is 0 Å². The maximum atomic E-state index is 13.3. The van der Waals surface area contributed by atoms with Crippen molar-refractivity contribution in [2.75, 3.05) is 26.1 Å². The van der Waals surface area contributed by atoms with Crippen LogP contribution < -0.4 is 14.8 Å². The molecule has 3 rings (SSSR count). The van der Waals surface area contributed by atoms with Crippen LogP contribution in [0.5, 0.6) is 11.5 Å². The smallest absolute Gasteiger partial charge is 0.246 e. The number of rotatable bonds is 6. The average Bonchev–Trinajstić information content (AvgIpc) is 2.72. The fourth-order valence-corrected chi connectivity index (χ4v) is 5.43. The molecule has 1 heterocycles. The Balaban J connectivity index is 1.83. The zero-order valence-electron chi connectivity index (χ0n) is 16.8. The van der Waals surface area contributed by atoms with Crippen molar-refractivity contribution in [3.05, 3.63) is 54.1 Å². The van der Waals surface area contributed by atoms with Crippen LogP contribution in [-0.2, 0) is 21.4 Å². The Morgan fingerprint density at radius 3 is 2.45 bits per heavy atom. The zero-order valence-corrected chi connectivity index (χ0v) is 17.7. The van der Waals surface area contributed by atoms with Crippen LogP contribution in [0.25, 0.3) is 0 Å². The standard InChI is InChI=1S/C21H26N2O5S/c1-21(20(24)22-17-10-11-18(27-2)19(14-17)28-3)12-7-13-23(29(21,25)26)15-16-8-5-4-6-9-16/h4-6,8-11,14H,7,12-13,15H2,1-3H3,(H,22,24)/t21-/m1/s1. The van der Waals surface area contributed by atoms with Crippen molar-refractivity contribution >= 4 is 21.6 Å². The van der Waals surface area contributed by atoms with E-state index in [9.17, 15) is 13.2 Å². The number of nitrogens with one attached hydrogen (secondary N) is 1. The number of sulfonamides is 1. The summed E-state index contributed by atoms with van der Waals surface area (Å²) in [7, 11) is -0.826. The number of amides is 1. The van der Waals surface area contributed by atoms with Crippen molar-refractivity contribution in [1.82, 2.24) is 4.31 Å². The molecule has 1 fully saturated rings. The van der Waals surface area contributed by atoms with Crippen LogP contribution in [0.1, 0.15) is 25.3 Å². The lowest BCUT2D eigenvalue weighted by molar-refractivity contribution is -0.118. The van der Waals surface area contributed by atoms with Crippen molar-refractivity contribution in [2.24, 2.45) is 0 Å². The van der Waals surface area contributed by atoms with Crippen LogP contribution in [-0.4, -0.2) is 44.1 Å². The monoisotopic (exact) mass is 418 g/mol. The molecule has 1 saturated heterocycles. The molecule has 29 heavy (non-hydrogen) atoms. The molecule has 1 aliphatic heterocycles. The highest BCUT2D eigenvalue weighted by Gasteiger charge is 2.51. The Morgan fingerprint density at radius 2 is 1.79 bits per heavy atom. The summed E-state index contributed by atoms with van der Waals surface area (Å²) in [6.45, 7) is 2.15. The zero-order chi connectivity index (χ0) is 21.1. The van der Waals surface area contributed by atoms with Crippen LogP contribution in [0.15, 0.2) is 48.5 Å². The van der Waals surface area contributed by atoms with Gasteiger partial charge in [0.05, 0.1) is 14.2 Å². The van der Waals surface area contributed by atoms with Crippen LogP contribution in [0.2, 0.25) is 0 Å². The summed E-state index contributed by atoms with van der Waals surface area (Å²) >= 11 is 0. The third-order valence-corrected chi connectivity index (χ3v) is 7.81. The molecule has 2 aromatic rings. The topological polar surface area (TPSA) is 84.9 Å². The summed E-state index contributed by atoms with van der Waals surface area (Å²) in [5, 5.41) is 2.74. The number of carbonyl (C=O) groups excluding carboxylic acids is 1. The van der Waals surface area contributed by atoms with E-state index in [4.69, 9.17) is 9.47 Å². The molecule has 0 aliphatic carbocycles. The predicted molar refractivity (Wildman–Crippen MR) is 112 cm³/mol. The SMILES string of the molecule is COc1ccc(NC(=O)[C@@]2(C)CCCN(Cc3ccccc3)S2(=O)=O)cc1OC. The highest BCUT2D eigenvalue weighted by molar-refractivity contribution is 7.91. The quantitative estimate of drug-likeness (QED) is 0.779. The van der Waals surface area contributed by atoms with E-state index in [1.165, 1.54) is 25.4 Å². The van der Waals surface area contributed by atoms with Crippen molar-refractivity contribution in [3.63, 3.8) is 0 Å². The third-order valence-electron chi connectivity index (χ3n) is 5.29. The van der Waals surface area contributed by atoms with Gasteiger partial charge in [-0.1, -0.05) is 30.3 Å². The molecule has 1 atom stereocenters. The van der Waals surface area contributed by atoms with Gasteiger partial charge in [0.2, 0.25) is 15.9 Å². The van der Waals surface area contributed by atoms with Crippen LogP contribution >= 0.6 is 0 Å². The number of carbonyl (C=O) groups is 1. The fraction of sp³-hybridized carbons (Fsp3) is 0.381. The van der Waals surface area contributed by atoms with Gasteiger partial charge in [-0.15, -0.1) is 0 Å². The summed E-state index contributed by atoms with van der Waals surface area (Å²) in [5.74, 6) is 0.422. The van der Waals surface area contributed by atoms with Gasteiger partial charge in [0.1, 0.15) is 0 Å². The molecule has 1 aliphatic rings. The van der Waals surface area contributed by atoms with Gasteiger partial charge in [-0.3, -0.25) is 4.79 Å². The Bertz CT molecular complexity index is 978. The number of benzene rings is 2. The molecule has 0 bridgehead atoms. The minimum atomic E-state index is -3.84. The lowest BCUT2D eigenvalue weighted by Crippen LogP contribution is -2.56. The summed E-state index contributed by atoms with van der Waals surface area (Å²) in [6.07, 6.45) is 0.877. The van der Waals surface area contributed by atoms with E-state index in [0.29, 0.717) is 30.2 Å². The van der Waals surface area contributed by atoms with Crippen LogP contribution in [0.4, 0.5) is 5.69 Å². The summed E-state index contributed by atoms with van der Waals surface area (Å²) in [4.78, 5) is 13.1. The van der Waals surface area contributed by atoms with Gasteiger partial charge in [-0.05, 0) is 37.5 Å². The predicted octanol–water partition coefficient (Wildman–Crippen LogP) is 3.03. The van der Waals surface area contributed by atoms with E-state index in [1.54, 1.807) is 18.2 Å². The van der Waals surface area contributed by atoms with E-state index >= 15 is 0 Å². The summed E-state index contributed by atoms with van der Waals surface area (Å²) < 4.78 is 36.9. The number of hydrogen-bond acceptors (Lipinski definition) is 5. The van der Waals surface area contributed by atoms with Gasteiger partial charge >= 0.3 is 0 Å². The van der Waals surface area contributed by atoms with Crippen molar-refractivity contribution in [1.29, 1.82) is 0 Å². The second-order valence-corrected chi connectivity index (χ2v) is 9.55. The fourth-order valence-electron chi connectivity index (χ4n) is 3.49. The molecule has 1 N–H and O–H groups in total. The van der Waals surface area contributed by atoms with Crippen LogP contribution in [0, 0.1) is 0 Å². The first-order valence-corrected chi connectivity index (χ1v) is 10.8.